The van der Waals surface area contributed by atoms with Crippen LogP contribution < -0.4 is 10.1 Å². The zero-order chi connectivity index (χ0) is 17.4. The molecule has 0 aliphatic heterocycles. The molecule has 0 unspecified atom stereocenters. The largest absolute Gasteiger partial charge is 0.433 e. The number of nitrogens with zero attached hydrogens (tertiary/aromatic N) is 1. The van der Waals surface area contributed by atoms with Crippen LogP contribution in [-0.2, 0) is 9.63 Å². The van der Waals surface area contributed by atoms with Crippen molar-refractivity contribution in [1.82, 2.24) is 0 Å². The van der Waals surface area contributed by atoms with E-state index in [1.165, 1.54) is 24.4 Å². The van der Waals surface area contributed by atoms with Gasteiger partial charge in [-0.15, -0.1) is 0 Å². The summed E-state index contributed by atoms with van der Waals surface area (Å²) in [6, 6.07) is 12.7. The highest BCUT2D eigenvalue weighted by Crippen LogP contribution is 2.25. The summed E-state index contributed by atoms with van der Waals surface area (Å²) in [5, 5.41) is 6.65. The first-order valence-corrected chi connectivity index (χ1v) is 7.17. The molecule has 8 heteroatoms. The fourth-order valence-corrected chi connectivity index (χ4v) is 1.82. The van der Waals surface area contributed by atoms with Crippen LogP contribution in [0, 0.1) is 0 Å². The molecule has 0 saturated heterocycles. The number of carbonyl (C=O) groups excluding carboxylic acids is 1. The van der Waals surface area contributed by atoms with Gasteiger partial charge >= 0.3 is 6.61 Å². The van der Waals surface area contributed by atoms with Gasteiger partial charge in [0.05, 0.1) is 11.9 Å². The Kier molecular flexibility index (Phi) is 6.51. The van der Waals surface area contributed by atoms with Crippen LogP contribution >= 0.6 is 11.6 Å². The molecule has 0 bridgehead atoms. The second kappa shape index (κ2) is 8.83. The standard InChI is InChI=1S/C16H13ClF2N2O3/c17-12-7-5-11(6-8-12)9-20-23-10-15(22)21-13-3-1-2-4-14(13)24-16(18)19/h1-9,16H,10H2,(H,21,22)/b20-9-. The van der Waals surface area contributed by atoms with Crippen molar-refractivity contribution >= 4 is 29.4 Å². The summed E-state index contributed by atoms with van der Waals surface area (Å²) >= 11 is 5.75. The van der Waals surface area contributed by atoms with Crippen molar-refractivity contribution in [3.63, 3.8) is 0 Å². The molecule has 0 atom stereocenters. The van der Waals surface area contributed by atoms with Crippen LogP contribution in [0.25, 0.3) is 0 Å². The molecule has 1 amide bonds. The number of hydrogen-bond acceptors (Lipinski definition) is 4. The van der Waals surface area contributed by atoms with E-state index in [0.717, 1.165) is 5.56 Å². The number of hydrogen-bond donors (Lipinski definition) is 1. The van der Waals surface area contributed by atoms with E-state index in [1.54, 1.807) is 30.3 Å². The Morgan fingerprint density at radius 1 is 1.21 bits per heavy atom. The molecule has 126 valence electrons. The first-order chi connectivity index (χ1) is 11.5. The van der Waals surface area contributed by atoms with E-state index in [1.807, 2.05) is 0 Å². The average molecular weight is 355 g/mol. The number of ether oxygens (including phenoxy) is 1. The van der Waals surface area contributed by atoms with Crippen LogP contribution in [0.15, 0.2) is 53.7 Å². The summed E-state index contributed by atoms with van der Waals surface area (Å²) in [4.78, 5) is 16.6. The molecule has 0 spiro atoms. The third-order valence-electron chi connectivity index (χ3n) is 2.72. The molecule has 0 radical (unpaired) electrons. The number of carbonyl (C=O) groups is 1. The van der Waals surface area contributed by atoms with Crippen molar-refractivity contribution in [2.75, 3.05) is 11.9 Å². The van der Waals surface area contributed by atoms with Crippen molar-refractivity contribution < 1.29 is 23.1 Å². The molecule has 2 rings (SSSR count). The Morgan fingerprint density at radius 3 is 2.62 bits per heavy atom. The average Bonchev–Trinajstić information content (AvgIpc) is 2.55. The molecule has 24 heavy (non-hydrogen) atoms. The van der Waals surface area contributed by atoms with Crippen molar-refractivity contribution in [3.05, 3.63) is 59.1 Å². The zero-order valence-corrected chi connectivity index (χ0v) is 13.0. The van der Waals surface area contributed by atoms with Gasteiger partial charge in [0.2, 0.25) is 0 Å². The number of halogens is 3. The highest BCUT2D eigenvalue weighted by Gasteiger charge is 2.11. The molecule has 5 nitrogen and oxygen atoms in total. The monoisotopic (exact) mass is 354 g/mol. The summed E-state index contributed by atoms with van der Waals surface area (Å²) in [5.74, 6) is -0.695. The van der Waals surface area contributed by atoms with Gasteiger partial charge in [-0.1, -0.05) is 41.0 Å². The molecule has 2 aromatic rings. The minimum absolute atomic E-state index is 0.119. The van der Waals surface area contributed by atoms with Crippen molar-refractivity contribution in [3.8, 4) is 5.75 Å². The third kappa shape index (κ3) is 5.85. The zero-order valence-electron chi connectivity index (χ0n) is 12.3. The van der Waals surface area contributed by atoms with Gasteiger partial charge in [0.15, 0.2) is 6.61 Å². The minimum atomic E-state index is -2.98. The lowest BCUT2D eigenvalue weighted by Gasteiger charge is -2.11. The van der Waals surface area contributed by atoms with E-state index >= 15 is 0 Å². The molecule has 0 aromatic heterocycles. The van der Waals surface area contributed by atoms with E-state index in [9.17, 15) is 13.6 Å². The molecule has 0 aliphatic carbocycles. The SMILES string of the molecule is O=C(CO/N=C\c1ccc(Cl)cc1)Nc1ccccc1OC(F)F. The van der Waals surface area contributed by atoms with Crippen LogP contribution in [0.5, 0.6) is 5.75 Å². The van der Waals surface area contributed by atoms with Gasteiger partial charge in [-0.05, 0) is 29.8 Å². The molecular weight excluding hydrogens is 342 g/mol. The summed E-state index contributed by atoms with van der Waals surface area (Å²) in [6.07, 6.45) is 1.41. The Bertz CT molecular complexity index is 709. The number of nitrogens with one attached hydrogen (secondary N) is 1. The second-order valence-electron chi connectivity index (χ2n) is 4.48. The molecule has 0 aliphatic rings. The summed E-state index contributed by atoms with van der Waals surface area (Å²) in [5.41, 5.74) is 0.864. The Labute approximate surface area is 141 Å². The number of rotatable bonds is 7. The quantitative estimate of drug-likeness (QED) is 0.605. The molecule has 2 aromatic carbocycles. The van der Waals surface area contributed by atoms with E-state index in [-0.39, 0.29) is 18.0 Å². The van der Waals surface area contributed by atoms with Gasteiger partial charge in [-0.25, -0.2) is 0 Å². The number of alkyl halides is 2. The molecule has 0 heterocycles. The lowest BCUT2D eigenvalue weighted by atomic mass is 10.2. The number of anilines is 1. The number of para-hydroxylation sites is 2. The lowest BCUT2D eigenvalue weighted by Crippen LogP contribution is -2.18. The second-order valence-corrected chi connectivity index (χ2v) is 4.92. The van der Waals surface area contributed by atoms with Crippen molar-refractivity contribution in [2.24, 2.45) is 5.16 Å². The maximum absolute atomic E-state index is 12.3. The van der Waals surface area contributed by atoms with E-state index in [0.29, 0.717) is 5.02 Å². The molecule has 1 N–H and O–H groups in total. The highest BCUT2D eigenvalue weighted by molar-refractivity contribution is 6.30. The fourth-order valence-electron chi connectivity index (χ4n) is 1.70. The predicted molar refractivity (Wildman–Crippen MR) is 86.7 cm³/mol. The number of oxime groups is 1. The Balaban J connectivity index is 1.84. The molecule has 0 fully saturated rings. The van der Waals surface area contributed by atoms with Crippen LogP contribution in [0.1, 0.15) is 5.56 Å². The minimum Gasteiger partial charge on any atom is -0.433 e. The van der Waals surface area contributed by atoms with Crippen LogP contribution in [0.2, 0.25) is 5.02 Å². The van der Waals surface area contributed by atoms with Gasteiger partial charge in [0, 0.05) is 5.02 Å². The Morgan fingerprint density at radius 2 is 1.92 bits per heavy atom. The van der Waals surface area contributed by atoms with Gasteiger partial charge < -0.3 is 14.9 Å². The maximum atomic E-state index is 12.3. The fraction of sp³-hybridized carbons (Fsp3) is 0.125. The third-order valence-corrected chi connectivity index (χ3v) is 2.97. The first-order valence-electron chi connectivity index (χ1n) is 6.79. The van der Waals surface area contributed by atoms with Crippen molar-refractivity contribution in [2.45, 2.75) is 6.61 Å². The number of benzene rings is 2. The van der Waals surface area contributed by atoms with Gasteiger partial charge in [-0.2, -0.15) is 8.78 Å². The van der Waals surface area contributed by atoms with Crippen LogP contribution in [0.4, 0.5) is 14.5 Å². The van der Waals surface area contributed by atoms with E-state index in [4.69, 9.17) is 16.4 Å². The van der Waals surface area contributed by atoms with Crippen LogP contribution in [0.3, 0.4) is 0 Å². The summed E-state index contributed by atoms with van der Waals surface area (Å²) in [6.45, 7) is -3.36. The topological polar surface area (TPSA) is 59.9 Å². The van der Waals surface area contributed by atoms with E-state index < -0.39 is 12.5 Å². The normalized spacial score (nSPS) is 10.8. The first kappa shape index (κ1) is 17.7. The van der Waals surface area contributed by atoms with Gasteiger partial charge in [0.25, 0.3) is 5.91 Å². The number of amides is 1. The summed E-state index contributed by atoms with van der Waals surface area (Å²) < 4.78 is 28.9. The van der Waals surface area contributed by atoms with Gasteiger partial charge in [-0.3, -0.25) is 4.79 Å². The van der Waals surface area contributed by atoms with Crippen molar-refractivity contribution in [1.29, 1.82) is 0 Å². The van der Waals surface area contributed by atoms with E-state index in [2.05, 4.69) is 15.2 Å². The van der Waals surface area contributed by atoms with Crippen LogP contribution in [-0.4, -0.2) is 25.3 Å². The molecular formula is C16H13ClF2N2O3. The lowest BCUT2D eigenvalue weighted by molar-refractivity contribution is -0.120. The predicted octanol–water partition coefficient (Wildman–Crippen LogP) is 3.93. The maximum Gasteiger partial charge on any atom is 0.387 e. The Hall–Kier alpha value is -2.67. The highest BCUT2D eigenvalue weighted by atomic mass is 35.5. The molecule has 0 saturated carbocycles. The van der Waals surface area contributed by atoms with Gasteiger partial charge in [0.1, 0.15) is 5.75 Å². The smallest absolute Gasteiger partial charge is 0.387 e. The summed E-state index contributed by atoms with van der Waals surface area (Å²) in [7, 11) is 0.